The number of rotatable bonds is 13. The molecule has 9 aromatic rings. The number of hydrogen-bond acceptors (Lipinski definition) is 9. The van der Waals surface area contributed by atoms with Crippen LogP contribution in [-0.4, -0.2) is 26.9 Å². The van der Waals surface area contributed by atoms with Gasteiger partial charge in [0.2, 0.25) is 0 Å². The number of nitrogens with zero attached hydrogens (tertiary/aromatic N) is 5. The van der Waals surface area contributed by atoms with Gasteiger partial charge in [0.1, 0.15) is 23.0 Å². The Morgan fingerprint density at radius 2 is 0.658 bits per heavy atom. The summed E-state index contributed by atoms with van der Waals surface area (Å²) in [6.07, 6.45) is 0. The molecule has 0 radical (unpaired) electrons. The van der Waals surface area contributed by atoms with E-state index in [4.69, 9.17) is 18.9 Å². The molecular weight excluding hydrogens is 975 g/mol. The largest absolute Gasteiger partial charge is 0.473 e. The van der Waals surface area contributed by atoms with Gasteiger partial charge in [0.25, 0.3) is 0 Å². The summed E-state index contributed by atoms with van der Waals surface area (Å²) < 4.78 is 26.7. The van der Waals surface area contributed by atoms with Crippen LogP contribution < -0.4 is 43.4 Å². The van der Waals surface area contributed by atoms with E-state index in [1.807, 2.05) is 0 Å². The minimum absolute atomic E-state index is 0.374. The fourth-order valence-corrected chi connectivity index (χ4v) is 12.0. The lowest BCUT2D eigenvalue weighted by molar-refractivity contribution is 0.284. The van der Waals surface area contributed by atoms with Crippen LogP contribution >= 0.6 is 0 Å². The average molecular weight is 1040 g/mol. The lowest BCUT2D eigenvalue weighted by atomic mass is 9.76. The fourth-order valence-electron chi connectivity index (χ4n) is 12.0. The third kappa shape index (κ3) is 9.95. The number of anilines is 5. The van der Waals surface area contributed by atoms with Gasteiger partial charge in [-0.25, -0.2) is 0 Å². The molecule has 79 heavy (non-hydrogen) atoms. The van der Waals surface area contributed by atoms with Gasteiger partial charge in [-0.3, -0.25) is 0 Å². The Morgan fingerprint density at radius 3 is 1.03 bits per heavy atom. The van der Waals surface area contributed by atoms with E-state index in [2.05, 4.69) is 265 Å². The highest BCUT2D eigenvalue weighted by Gasteiger charge is 2.34. The standard InChI is InChI=1S/C70H67N5O4/c1-69(2,56-30-32-65-50(34-56)40-72(46-76-65)61-22-12-6-13-23-61)58-36-52(67-54(38-58)44-74(48-78-67)63-26-16-8-17-27-63)42-71(60-20-10-5-11-21-60)43-53-37-59(39-55-45-75(49-79-68(53)55)64-28-18-9-19-29-64)70(3,4)57-31-33-66-51(35-57)41-73(47-77-66)62-24-14-7-15-25-62/h5-39H,40-49H2,1-4H3. The molecule has 0 aromatic heterocycles. The van der Waals surface area contributed by atoms with Crippen LogP contribution in [0.25, 0.3) is 0 Å². The van der Waals surface area contributed by atoms with Gasteiger partial charge in [-0.05, 0) is 131 Å². The second-order valence-corrected chi connectivity index (χ2v) is 22.6. The molecular formula is C70H67N5O4. The first-order chi connectivity index (χ1) is 38.6. The third-order valence-corrected chi connectivity index (χ3v) is 16.7. The first kappa shape index (κ1) is 49.7. The van der Waals surface area contributed by atoms with Crippen molar-refractivity contribution in [1.29, 1.82) is 0 Å². The summed E-state index contributed by atoms with van der Waals surface area (Å²) in [6.45, 7) is 15.6. The molecule has 0 spiro atoms. The maximum Gasteiger partial charge on any atom is 0.161 e. The van der Waals surface area contributed by atoms with Crippen molar-refractivity contribution in [3.05, 3.63) is 268 Å². The number of para-hydroxylation sites is 5. The minimum atomic E-state index is -0.374. The van der Waals surface area contributed by atoms with Crippen molar-refractivity contribution >= 4 is 28.4 Å². The van der Waals surface area contributed by atoms with Gasteiger partial charge in [-0.15, -0.1) is 0 Å². The molecule has 13 rings (SSSR count). The average Bonchev–Trinajstić information content (AvgIpc) is 3.52. The highest BCUT2D eigenvalue weighted by atomic mass is 16.5. The van der Waals surface area contributed by atoms with Gasteiger partial charge in [-0.1, -0.05) is 131 Å². The summed E-state index contributed by atoms with van der Waals surface area (Å²) in [7, 11) is 0. The molecule has 9 aromatic carbocycles. The Bertz CT molecular complexity index is 3390. The van der Waals surface area contributed by atoms with Gasteiger partial charge in [0.15, 0.2) is 26.9 Å². The van der Waals surface area contributed by atoms with Crippen LogP contribution in [0.1, 0.15) is 83.3 Å². The Hall–Kier alpha value is -8.82. The van der Waals surface area contributed by atoms with Gasteiger partial charge in [-0.2, -0.15) is 0 Å². The molecule has 4 heterocycles. The second-order valence-electron chi connectivity index (χ2n) is 22.6. The summed E-state index contributed by atoms with van der Waals surface area (Å²) in [5.41, 5.74) is 16.9. The second kappa shape index (κ2) is 20.9. The van der Waals surface area contributed by atoms with Crippen molar-refractivity contribution in [2.24, 2.45) is 0 Å². The zero-order valence-corrected chi connectivity index (χ0v) is 45.6. The van der Waals surface area contributed by atoms with Crippen LogP contribution in [0.4, 0.5) is 28.4 Å². The highest BCUT2D eigenvalue weighted by molar-refractivity contribution is 5.61. The molecule has 0 aliphatic carbocycles. The third-order valence-electron chi connectivity index (χ3n) is 16.7. The topological polar surface area (TPSA) is 53.1 Å². The van der Waals surface area contributed by atoms with Crippen LogP contribution in [0, 0.1) is 0 Å². The molecule has 0 bridgehead atoms. The van der Waals surface area contributed by atoms with Crippen molar-refractivity contribution in [3.63, 3.8) is 0 Å². The monoisotopic (exact) mass is 1040 g/mol. The van der Waals surface area contributed by atoms with Gasteiger partial charge < -0.3 is 43.4 Å². The molecule has 0 atom stereocenters. The van der Waals surface area contributed by atoms with Crippen molar-refractivity contribution in [2.45, 2.75) is 77.8 Å². The zero-order valence-electron chi connectivity index (χ0n) is 45.6. The molecule has 0 fully saturated rings. The first-order valence-corrected chi connectivity index (χ1v) is 27.7. The zero-order chi connectivity index (χ0) is 53.5. The van der Waals surface area contributed by atoms with E-state index < -0.39 is 0 Å². The maximum absolute atomic E-state index is 6.97. The summed E-state index contributed by atoms with van der Waals surface area (Å²) in [4.78, 5) is 11.8. The smallest absolute Gasteiger partial charge is 0.161 e. The molecule has 396 valence electrons. The molecule has 0 amide bonds. The Balaban J connectivity index is 0.887. The number of benzene rings is 9. The Morgan fingerprint density at radius 1 is 0.342 bits per heavy atom. The SMILES string of the molecule is CC(C)(c1ccc2c(c1)CN(c1ccccc1)CO2)c1cc2c(c(CN(Cc3cc(C(C)(C)c4ccc5c(c4)CN(c4ccccc4)CO5)cc4c3OCN(c3ccccc3)C4)c3ccccc3)c1)OCN(c1ccccc1)C2. The van der Waals surface area contributed by atoms with Gasteiger partial charge in [0, 0.05) is 112 Å². The van der Waals surface area contributed by atoms with E-state index in [1.54, 1.807) is 0 Å². The molecule has 9 nitrogen and oxygen atoms in total. The van der Waals surface area contributed by atoms with Crippen LogP contribution in [-0.2, 0) is 50.1 Å². The summed E-state index contributed by atoms with van der Waals surface area (Å²) in [5.74, 6) is 3.81. The molecule has 0 unspecified atom stereocenters. The summed E-state index contributed by atoms with van der Waals surface area (Å²) >= 11 is 0. The number of fused-ring (bicyclic) bond motifs is 4. The van der Waals surface area contributed by atoms with Crippen molar-refractivity contribution in [2.75, 3.05) is 51.4 Å². The normalized spacial score (nSPS) is 14.8. The molecule has 4 aliphatic rings. The summed E-state index contributed by atoms with van der Waals surface area (Å²) in [6, 6.07) is 76.4. The molecule has 9 heteroatoms. The molecule has 0 saturated heterocycles. The Kier molecular flexibility index (Phi) is 13.1. The van der Waals surface area contributed by atoms with Gasteiger partial charge >= 0.3 is 0 Å². The molecule has 0 N–H and O–H groups in total. The van der Waals surface area contributed by atoms with Crippen LogP contribution in [0.5, 0.6) is 23.0 Å². The van der Waals surface area contributed by atoms with Crippen LogP contribution in [0.15, 0.2) is 212 Å². The van der Waals surface area contributed by atoms with Crippen LogP contribution in [0.2, 0.25) is 0 Å². The van der Waals surface area contributed by atoms with E-state index in [0.29, 0.717) is 40.0 Å². The minimum Gasteiger partial charge on any atom is -0.473 e. The van der Waals surface area contributed by atoms with Crippen molar-refractivity contribution in [3.8, 4) is 23.0 Å². The van der Waals surface area contributed by atoms with Crippen molar-refractivity contribution < 1.29 is 18.9 Å². The van der Waals surface area contributed by atoms with E-state index >= 15 is 0 Å². The van der Waals surface area contributed by atoms with Gasteiger partial charge in [0.05, 0.1) is 0 Å². The quantitative estimate of drug-likeness (QED) is 0.112. The van der Waals surface area contributed by atoms with Crippen LogP contribution in [0.3, 0.4) is 0 Å². The van der Waals surface area contributed by atoms with E-state index in [-0.39, 0.29) is 10.8 Å². The lowest BCUT2D eigenvalue weighted by Gasteiger charge is -2.37. The first-order valence-electron chi connectivity index (χ1n) is 27.7. The van der Waals surface area contributed by atoms with E-state index in [0.717, 1.165) is 88.7 Å². The number of hydrogen-bond donors (Lipinski definition) is 0. The number of ether oxygens (including phenoxy) is 4. The Labute approximate surface area is 465 Å². The molecule has 4 aliphatic heterocycles. The predicted molar refractivity (Wildman–Crippen MR) is 319 cm³/mol. The van der Waals surface area contributed by atoms with E-state index in [9.17, 15) is 0 Å². The maximum atomic E-state index is 6.97. The fraction of sp³-hybridized carbons (Fsp3) is 0.229. The lowest BCUT2D eigenvalue weighted by Crippen LogP contribution is -2.34. The summed E-state index contributed by atoms with van der Waals surface area (Å²) in [5, 5.41) is 0. The molecule has 0 saturated carbocycles. The van der Waals surface area contributed by atoms with E-state index in [1.165, 1.54) is 44.5 Å². The predicted octanol–water partition coefficient (Wildman–Crippen LogP) is 15.0. The highest BCUT2D eigenvalue weighted by Crippen LogP contribution is 2.45. The van der Waals surface area contributed by atoms with Crippen molar-refractivity contribution in [1.82, 2.24) is 0 Å².